The largest absolute Gasteiger partial charge is 0.480 e. The average molecular weight is 259 g/mol. The van der Waals surface area contributed by atoms with Crippen molar-refractivity contribution in [2.24, 2.45) is 5.73 Å². The molecule has 0 saturated heterocycles. The van der Waals surface area contributed by atoms with Crippen molar-refractivity contribution in [3.63, 3.8) is 0 Å². The second-order valence-corrected chi connectivity index (χ2v) is 3.71. The van der Waals surface area contributed by atoms with Crippen molar-refractivity contribution in [3.8, 4) is 0 Å². The Morgan fingerprint density at radius 2 is 1.78 bits per heavy atom. The molecule has 0 fully saturated rings. The molecule has 18 heavy (non-hydrogen) atoms. The summed E-state index contributed by atoms with van der Waals surface area (Å²) in [5.74, 6) is -3.23. The van der Waals surface area contributed by atoms with Crippen LogP contribution >= 0.6 is 0 Å². The summed E-state index contributed by atoms with van der Waals surface area (Å²) < 4.78 is 0. The third kappa shape index (κ3) is 5.83. The zero-order chi connectivity index (χ0) is 14.3. The molecule has 0 radical (unpaired) electrons. The van der Waals surface area contributed by atoms with E-state index in [9.17, 15) is 19.2 Å². The number of carboxylic acids is 1. The summed E-state index contributed by atoms with van der Waals surface area (Å²) in [5.41, 5.74) is 4.86. The summed E-state index contributed by atoms with van der Waals surface area (Å²) in [5, 5.41) is 13.3. The molecular weight excluding hydrogens is 242 g/mol. The molecule has 0 rings (SSSR count). The molecule has 8 heteroatoms. The van der Waals surface area contributed by atoms with Crippen molar-refractivity contribution < 1.29 is 24.3 Å². The van der Waals surface area contributed by atoms with Crippen LogP contribution in [0.25, 0.3) is 0 Å². The molecular formula is C10H17N3O5. The molecule has 102 valence electrons. The molecule has 0 aromatic rings. The van der Waals surface area contributed by atoms with E-state index in [-0.39, 0.29) is 12.3 Å². The predicted molar refractivity (Wildman–Crippen MR) is 61.3 cm³/mol. The molecule has 3 amide bonds. The number of rotatable bonds is 7. The number of hydrogen-bond acceptors (Lipinski definition) is 4. The van der Waals surface area contributed by atoms with Gasteiger partial charge in [0.1, 0.15) is 12.1 Å². The van der Waals surface area contributed by atoms with Gasteiger partial charge in [-0.05, 0) is 6.92 Å². The third-order valence-corrected chi connectivity index (χ3v) is 2.11. The van der Waals surface area contributed by atoms with Crippen LogP contribution in [0.15, 0.2) is 0 Å². The van der Waals surface area contributed by atoms with Crippen molar-refractivity contribution in [3.05, 3.63) is 0 Å². The first-order chi connectivity index (χ1) is 8.27. The molecule has 0 aliphatic carbocycles. The summed E-state index contributed by atoms with van der Waals surface area (Å²) in [6, 6.07) is -2.27. The van der Waals surface area contributed by atoms with Gasteiger partial charge in [0.05, 0.1) is 6.42 Å². The number of carboxylic acid groups (broad SMARTS) is 1. The maximum atomic E-state index is 11.5. The smallest absolute Gasteiger partial charge is 0.326 e. The van der Waals surface area contributed by atoms with Gasteiger partial charge in [0, 0.05) is 6.42 Å². The quantitative estimate of drug-likeness (QED) is 0.433. The maximum absolute atomic E-state index is 11.5. The van der Waals surface area contributed by atoms with E-state index in [1.165, 1.54) is 6.92 Å². The van der Waals surface area contributed by atoms with Crippen LogP contribution in [0.4, 0.5) is 0 Å². The van der Waals surface area contributed by atoms with Gasteiger partial charge in [-0.15, -0.1) is 0 Å². The summed E-state index contributed by atoms with van der Waals surface area (Å²) >= 11 is 0. The van der Waals surface area contributed by atoms with Gasteiger partial charge in [0.2, 0.25) is 17.7 Å². The Morgan fingerprint density at radius 1 is 1.22 bits per heavy atom. The van der Waals surface area contributed by atoms with Crippen LogP contribution in [0.3, 0.4) is 0 Å². The van der Waals surface area contributed by atoms with Crippen LogP contribution in [0.2, 0.25) is 0 Å². The van der Waals surface area contributed by atoms with Crippen molar-refractivity contribution >= 4 is 23.7 Å². The average Bonchev–Trinajstić information content (AvgIpc) is 2.26. The second-order valence-electron chi connectivity index (χ2n) is 3.71. The Hall–Kier alpha value is -2.12. The van der Waals surface area contributed by atoms with Crippen LogP contribution < -0.4 is 16.4 Å². The molecule has 5 N–H and O–H groups in total. The molecule has 0 aliphatic rings. The van der Waals surface area contributed by atoms with E-state index in [2.05, 4.69) is 10.6 Å². The number of amides is 3. The minimum atomic E-state index is -1.39. The number of carbonyl (C=O) groups is 4. The van der Waals surface area contributed by atoms with E-state index in [0.717, 1.165) is 0 Å². The Balaban J connectivity index is 4.45. The topological polar surface area (TPSA) is 139 Å². The lowest BCUT2D eigenvalue weighted by atomic mass is 10.2. The Morgan fingerprint density at radius 3 is 2.17 bits per heavy atom. The predicted octanol–water partition coefficient (Wildman–Crippen LogP) is -1.65. The van der Waals surface area contributed by atoms with Gasteiger partial charge in [0.25, 0.3) is 0 Å². The van der Waals surface area contributed by atoms with E-state index in [1.54, 1.807) is 6.92 Å². The number of primary amides is 1. The van der Waals surface area contributed by atoms with Gasteiger partial charge < -0.3 is 21.5 Å². The highest BCUT2D eigenvalue weighted by molar-refractivity contribution is 5.91. The fraction of sp³-hybridized carbons (Fsp3) is 0.600. The lowest BCUT2D eigenvalue weighted by Gasteiger charge is -2.17. The molecule has 0 bridgehead atoms. The zero-order valence-corrected chi connectivity index (χ0v) is 10.2. The highest BCUT2D eigenvalue weighted by Crippen LogP contribution is 1.94. The monoisotopic (exact) mass is 259 g/mol. The van der Waals surface area contributed by atoms with Crippen LogP contribution in [-0.2, 0) is 19.2 Å². The molecule has 0 aromatic carbocycles. The van der Waals surface area contributed by atoms with E-state index < -0.39 is 36.3 Å². The first-order valence-corrected chi connectivity index (χ1v) is 5.38. The molecule has 2 unspecified atom stereocenters. The van der Waals surface area contributed by atoms with E-state index in [4.69, 9.17) is 10.8 Å². The van der Waals surface area contributed by atoms with E-state index in [0.29, 0.717) is 0 Å². The van der Waals surface area contributed by atoms with Crippen LogP contribution in [0.1, 0.15) is 26.7 Å². The van der Waals surface area contributed by atoms with Gasteiger partial charge >= 0.3 is 5.97 Å². The summed E-state index contributed by atoms with van der Waals surface area (Å²) in [7, 11) is 0. The molecule has 2 atom stereocenters. The molecule has 0 heterocycles. The van der Waals surface area contributed by atoms with Gasteiger partial charge in [-0.25, -0.2) is 4.79 Å². The fourth-order valence-corrected chi connectivity index (χ4v) is 1.11. The normalized spacial score (nSPS) is 13.2. The van der Waals surface area contributed by atoms with Gasteiger partial charge in [-0.2, -0.15) is 0 Å². The number of nitrogens with one attached hydrogen (secondary N) is 2. The van der Waals surface area contributed by atoms with Crippen molar-refractivity contribution in [1.29, 1.82) is 0 Å². The molecule has 0 saturated carbocycles. The highest BCUT2D eigenvalue weighted by atomic mass is 16.4. The third-order valence-electron chi connectivity index (χ3n) is 2.11. The number of hydrogen-bond donors (Lipinski definition) is 4. The van der Waals surface area contributed by atoms with Crippen LogP contribution in [0.5, 0.6) is 0 Å². The number of carbonyl (C=O) groups excluding carboxylic acids is 3. The molecule has 0 spiro atoms. The van der Waals surface area contributed by atoms with Crippen molar-refractivity contribution in [1.82, 2.24) is 10.6 Å². The van der Waals surface area contributed by atoms with E-state index >= 15 is 0 Å². The standard InChI is InChI=1S/C10H17N3O5/c1-3-8(15)12-5(2)9(16)13-6(10(17)18)4-7(11)14/h5-6H,3-4H2,1-2H3,(H2,11,14)(H,12,15)(H,13,16)(H,17,18). The fourth-order valence-electron chi connectivity index (χ4n) is 1.11. The van der Waals surface area contributed by atoms with Crippen LogP contribution in [0, 0.1) is 0 Å². The number of nitrogens with two attached hydrogens (primary N) is 1. The minimum absolute atomic E-state index is 0.210. The van der Waals surface area contributed by atoms with Crippen molar-refractivity contribution in [2.45, 2.75) is 38.8 Å². The Labute approximate surface area is 104 Å². The van der Waals surface area contributed by atoms with Gasteiger partial charge in [0.15, 0.2) is 0 Å². The molecule has 0 aromatic heterocycles. The first-order valence-electron chi connectivity index (χ1n) is 5.38. The Kier molecular flexibility index (Phi) is 6.40. The summed E-state index contributed by atoms with van der Waals surface area (Å²) in [6.45, 7) is 3.03. The minimum Gasteiger partial charge on any atom is -0.480 e. The van der Waals surface area contributed by atoms with E-state index in [1.807, 2.05) is 0 Å². The maximum Gasteiger partial charge on any atom is 0.326 e. The number of aliphatic carboxylic acids is 1. The highest BCUT2D eigenvalue weighted by Gasteiger charge is 2.24. The van der Waals surface area contributed by atoms with Gasteiger partial charge in [-0.3, -0.25) is 14.4 Å². The summed E-state index contributed by atoms with van der Waals surface area (Å²) in [4.78, 5) is 44.0. The van der Waals surface area contributed by atoms with Gasteiger partial charge in [-0.1, -0.05) is 6.92 Å². The first kappa shape index (κ1) is 15.9. The second kappa shape index (κ2) is 7.25. The SMILES string of the molecule is CCC(=O)NC(C)C(=O)NC(CC(N)=O)C(=O)O. The Bertz CT molecular complexity index is 355. The molecule has 0 aliphatic heterocycles. The van der Waals surface area contributed by atoms with Crippen molar-refractivity contribution in [2.75, 3.05) is 0 Å². The lowest BCUT2D eigenvalue weighted by Crippen LogP contribution is -2.51. The lowest BCUT2D eigenvalue weighted by molar-refractivity contribution is -0.143. The molecule has 8 nitrogen and oxygen atoms in total. The summed E-state index contributed by atoms with van der Waals surface area (Å²) in [6.07, 6.45) is -0.295. The zero-order valence-electron chi connectivity index (χ0n) is 10.2. The van der Waals surface area contributed by atoms with Crippen LogP contribution in [-0.4, -0.2) is 40.9 Å².